The number of aromatic nitrogens is 2. The molecule has 1 aromatic heterocycles. The maximum atomic E-state index is 12.4. The van der Waals surface area contributed by atoms with Crippen LogP contribution in [0.1, 0.15) is 43.4 Å². The van der Waals surface area contributed by atoms with Gasteiger partial charge >= 0.3 is 5.69 Å². The summed E-state index contributed by atoms with van der Waals surface area (Å²) in [7, 11) is 0. The molecule has 1 fully saturated rings. The molecule has 0 bridgehead atoms. The molecule has 0 saturated carbocycles. The minimum absolute atomic E-state index is 0.0543. The van der Waals surface area contributed by atoms with Crippen molar-refractivity contribution in [1.82, 2.24) is 14.9 Å². The molecule has 2 aliphatic rings. The van der Waals surface area contributed by atoms with Gasteiger partial charge in [0.05, 0.1) is 11.9 Å². The number of amides is 1. The first-order valence-electron chi connectivity index (χ1n) is 9.43. The first kappa shape index (κ1) is 19.4. The fraction of sp³-hybridized carbons (Fsp3) is 0.722. The quantitative estimate of drug-likeness (QED) is 0.513. The molecule has 1 unspecified atom stereocenters. The highest BCUT2D eigenvalue weighted by molar-refractivity contribution is 7.99. The lowest BCUT2D eigenvalue weighted by atomic mass is 9.97. The summed E-state index contributed by atoms with van der Waals surface area (Å²) < 4.78 is 7.21. The summed E-state index contributed by atoms with van der Waals surface area (Å²) in [6.45, 7) is 1.88. The molecule has 1 aliphatic carbocycles. The summed E-state index contributed by atoms with van der Waals surface area (Å²) in [5, 5.41) is 12.7. The normalized spacial score (nSPS) is 19.3. The van der Waals surface area contributed by atoms with Crippen LogP contribution < -0.4 is 11.0 Å². The number of carbonyl (C=O) groups is 1. The van der Waals surface area contributed by atoms with E-state index in [9.17, 15) is 9.59 Å². The summed E-state index contributed by atoms with van der Waals surface area (Å²) in [5.41, 5.74) is 1.86. The third-order valence-corrected chi connectivity index (χ3v) is 5.90. The molecule has 1 amide bonds. The van der Waals surface area contributed by atoms with Crippen molar-refractivity contribution < 1.29 is 14.6 Å². The van der Waals surface area contributed by atoms with Crippen molar-refractivity contribution in [2.75, 3.05) is 25.5 Å². The largest absolute Gasteiger partial charge is 0.396 e. The number of ether oxygens (including phenoxy) is 1. The molecular formula is C18H27N3O4S. The van der Waals surface area contributed by atoms with Gasteiger partial charge in [-0.15, -0.1) is 0 Å². The van der Waals surface area contributed by atoms with Crippen LogP contribution in [0, 0.1) is 0 Å². The van der Waals surface area contributed by atoms with E-state index in [1.165, 1.54) is 11.8 Å². The van der Waals surface area contributed by atoms with E-state index in [4.69, 9.17) is 9.84 Å². The van der Waals surface area contributed by atoms with Crippen LogP contribution in [0.25, 0.3) is 0 Å². The van der Waals surface area contributed by atoms with Gasteiger partial charge in [-0.2, -0.15) is 4.98 Å². The van der Waals surface area contributed by atoms with Crippen LogP contribution in [0.5, 0.6) is 0 Å². The van der Waals surface area contributed by atoms with Crippen LogP contribution in [-0.4, -0.2) is 52.2 Å². The van der Waals surface area contributed by atoms with Crippen LogP contribution in [0.15, 0.2) is 9.82 Å². The highest BCUT2D eigenvalue weighted by Gasteiger charge is 2.21. The monoisotopic (exact) mass is 381 g/mol. The standard InChI is InChI=1S/C18H27N3O4S/c22-9-4-8-21-15-7-2-1-6-14(15)17(20-18(21)24)26-12-16(23)19-11-13-5-3-10-25-13/h13,22H,1-12H2,(H,19,23). The predicted molar refractivity (Wildman–Crippen MR) is 99.5 cm³/mol. The van der Waals surface area contributed by atoms with Gasteiger partial charge < -0.3 is 15.2 Å². The molecule has 26 heavy (non-hydrogen) atoms. The molecule has 7 nitrogen and oxygen atoms in total. The maximum absolute atomic E-state index is 12.4. The van der Waals surface area contributed by atoms with Crippen LogP contribution in [0.4, 0.5) is 0 Å². The molecule has 1 aromatic rings. The number of hydrogen-bond acceptors (Lipinski definition) is 6. The molecule has 3 rings (SSSR count). The zero-order valence-electron chi connectivity index (χ0n) is 15.0. The van der Waals surface area contributed by atoms with Crippen LogP contribution >= 0.6 is 11.8 Å². The van der Waals surface area contributed by atoms with E-state index in [1.807, 2.05) is 0 Å². The molecule has 0 aromatic carbocycles. The van der Waals surface area contributed by atoms with Gasteiger partial charge in [0.1, 0.15) is 5.03 Å². The molecule has 0 spiro atoms. The van der Waals surface area contributed by atoms with E-state index in [1.54, 1.807) is 4.57 Å². The Morgan fingerprint density at radius 2 is 2.19 bits per heavy atom. The lowest BCUT2D eigenvalue weighted by Gasteiger charge is -2.22. The van der Waals surface area contributed by atoms with Crippen LogP contribution in [0.3, 0.4) is 0 Å². The first-order chi connectivity index (χ1) is 12.7. The Labute approximate surface area is 157 Å². The summed E-state index contributed by atoms with van der Waals surface area (Å²) >= 11 is 1.35. The Morgan fingerprint density at radius 1 is 1.35 bits per heavy atom. The average Bonchev–Trinajstić information content (AvgIpc) is 3.17. The average molecular weight is 381 g/mol. The molecule has 1 aliphatic heterocycles. The Bertz CT molecular complexity index is 686. The number of aliphatic hydroxyl groups excluding tert-OH is 1. The lowest BCUT2D eigenvalue weighted by Crippen LogP contribution is -2.33. The Kier molecular flexibility index (Phi) is 7.10. The summed E-state index contributed by atoms with van der Waals surface area (Å²) in [6.07, 6.45) is 6.61. The SMILES string of the molecule is O=C(CSc1nc(=O)n(CCCO)c2c1CCCC2)NCC1CCCO1. The van der Waals surface area contributed by atoms with Crippen molar-refractivity contribution in [1.29, 1.82) is 0 Å². The Balaban J connectivity index is 1.64. The van der Waals surface area contributed by atoms with Crippen molar-refractivity contribution in [2.24, 2.45) is 0 Å². The third-order valence-electron chi connectivity index (χ3n) is 4.88. The van der Waals surface area contributed by atoms with Crippen LogP contribution in [-0.2, 0) is 28.9 Å². The fourth-order valence-electron chi connectivity index (χ4n) is 3.54. The van der Waals surface area contributed by atoms with Crippen LogP contribution in [0.2, 0.25) is 0 Å². The first-order valence-corrected chi connectivity index (χ1v) is 10.4. The maximum Gasteiger partial charge on any atom is 0.348 e. The molecular weight excluding hydrogens is 354 g/mol. The third kappa shape index (κ3) is 4.86. The van der Waals surface area contributed by atoms with E-state index >= 15 is 0 Å². The van der Waals surface area contributed by atoms with Crippen molar-refractivity contribution >= 4 is 17.7 Å². The smallest absolute Gasteiger partial charge is 0.348 e. The van der Waals surface area contributed by atoms with Crippen molar-refractivity contribution in [3.8, 4) is 0 Å². The predicted octanol–water partition coefficient (Wildman–Crippen LogP) is 0.892. The minimum atomic E-state index is -0.277. The molecule has 2 heterocycles. The highest BCUT2D eigenvalue weighted by Crippen LogP contribution is 2.28. The number of carbonyl (C=O) groups excluding carboxylic acids is 1. The molecule has 2 N–H and O–H groups in total. The zero-order valence-corrected chi connectivity index (χ0v) is 15.9. The van der Waals surface area contributed by atoms with E-state index in [2.05, 4.69) is 10.3 Å². The van der Waals surface area contributed by atoms with E-state index in [-0.39, 0.29) is 30.1 Å². The number of nitrogens with zero attached hydrogens (tertiary/aromatic N) is 2. The van der Waals surface area contributed by atoms with Gasteiger partial charge in [-0.1, -0.05) is 11.8 Å². The van der Waals surface area contributed by atoms with Gasteiger partial charge in [-0.05, 0) is 44.9 Å². The summed E-state index contributed by atoms with van der Waals surface area (Å²) in [5.74, 6) is 0.202. The number of rotatable bonds is 8. The second kappa shape index (κ2) is 9.53. The van der Waals surface area contributed by atoms with Gasteiger partial charge in [0, 0.05) is 37.6 Å². The van der Waals surface area contributed by atoms with Crippen molar-refractivity contribution in [3.05, 3.63) is 21.7 Å². The molecule has 144 valence electrons. The number of fused-ring (bicyclic) bond motifs is 1. The van der Waals surface area contributed by atoms with Gasteiger partial charge in [0.25, 0.3) is 0 Å². The molecule has 1 atom stereocenters. The minimum Gasteiger partial charge on any atom is -0.396 e. The van der Waals surface area contributed by atoms with Crippen molar-refractivity contribution in [3.63, 3.8) is 0 Å². The number of nitrogens with one attached hydrogen (secondary N) is 1. The zero-order chi connectivity index (χ0) is 18.4. The molecule has 0 radical (unpaired) electrons. The Morgan fingerprint density at radius 3 is 2.96 bits per heavy atom. The fourth-order valence-corrected chi connectivity index (χ4v) is 4.45. The Hall–Kier alpha value is -1.38. The molecule has 8 heteroatoms. The van der Waals surface area contributed by atoms with E-state index in [0.29, 0.717) is 24.5 Å². The summed E-state index contributed by atoms with van der Waals surface area (Å²) in [6, 6.07) is 0. The highest BCUT2D eigenvalue weighted by atomic mass is 32.2. The number of thioether (sulfide) groups is 1. The van der Waals surface area contributed by atoms with Gasteiger partial charge in [0.2, 0.25) is 5.91 Å². The summed E-state index contributed by atoms with van der Waals surface area (Å²) in [4.78, 5) is 28.7. The van der Waals surface area contributed by atoms with E-state index < -0.39 is 0 Å². The number of hydrogen-bond donors (Lipinski definition) is 2. The van der Waals surface area contributed by atoms with Gasteiger partial charge in [-0.3, -0.25) is 9.36 Å². The van der Waals surface area contributed by atoms with E-state index in [0.717, 1.165) is 56.4 Å². The second-order valence-electron chi connectivity index (χ2n) is 6.79. The molecule has 1 saturated heterocycles. The number of aliphatic hydroxyl groups is 1. The van der Waals surface area contributed by atoms with Crippen molar-refractivity contribution in [2.45, 2.75) is 62.6 Å². The van der Waals surface area contributed by atoms with Gasteiger partial charge in [0.15, 0.2) is 0 Å². The lowest BCUT2D eigenvalue weighted by molar-refractivity contribution is -0.119. The topological polar surface area (TPSA) is 93.5 Å². The van der Waals surface area contributed by atoms with Gasteiger partial charge in [-0.25, -0.2) is 4.79 Å². The second-order valence-corrected chi connectivity index (χ2v) is 7.75.